The number of carbonyl (C=O) groups excluding carboxylic acids is 2. The smallest absolute Gasteiger partial charge is 0.312 e. The first-order valence-electron chi connectivity index (χ1n) is 8.96. The van der Waals surface area contributed by atoms with Gasteiger partial charge in [-0.15, -0.1) is 0 Å². The molecule has 132 valence electrons. The number of carbonyl (C=O) groups is 2. The average Bonchev–Trinajstić information content (AvgIpc) is 3.09. The Morgan fingerprint density at radius 3 is 2.42 bits per heavy atom. The molecule has 2 heterocycles. The van der Waals surface area contributed by atoms with Crippen LogP contribution in [0, 0.1) is 0 Å². The lowest BCUT2D eigenvalue weighted by Crippen LogP contribution is -2.55. The highest BCUT2D eigenvalue weighted by Gasteiger charge is 2.62. The van der Waals surface area contributed by atoms with E-state index in [1.807, 2.05) is 54.6 Å². The summed E-state index contributed by atoms with van der Waals surface area (Å²) in [5, 5.41) is 0. The maximum Gasteiger partial charge on any atom is 0.345 e. The number of hydrogen-bond acceptors (Lipinski definition) is 2. The van der Waals surface area contributed by atoms with E-state index in [1.165, 1.54) is 0 Å². The molecular weight excluding hydrogens is 326 g/mol. The zero-order valence-corrected chi connectivity index (χ0v) is 15.0. The minimum Gasteiger partial charge on any atom is -0.312 e. The molecule has 0 aromatic heterocycles. The molecule has 0 aliphatic carbocycles. The summed E-state index contributed by atoms with van der Waals surface area (Å²) in [5.41, 5.74) is 1.83. The highest BCUT2D eigenvalue weighted by molar-refractivity contribution is 6.32. The van der Waals surface area contributed by atoms with Crippen LogP contribution in [0.3, 0.4) is 0 Å². The molecule has 0 radical (unpaired) electrons. The topological polar surface area (TPSA) is 53.0 Å². The van der Waals surface area contributed by atoms with Gasteiger partial charge in [-0.1, -0.05) is 61.9 Å². The molecule has 0 saturated heterocycles. The lowest BCUT2D eigenvalue weighted by atomic mass is 9.82. The van der Waals surface area contributed by atoms with Crippen molar-refractivity contribution in [2.75, 3.05) is 18.5 Å². The highest BCUT2D eigenvalue weighted by Crippen LogP contribution is 2.48. The first-order chi connectivity index (χ1) is 12.6. The molecule has 0 saturated carbocycles. The maximum absolute atomic E-state index is 13.5. The van der Waals surface area contributed by atoms with Gasteiger partial charge < -0.3 is 4.90 Å². The van der Waals surface area contributed by atoms with Crippen molar-refractivity contribution in [2.45, 2.75) is 25.3 Å². The van der Waals surface area contributed by atoms with Gasteiger partial charge in [0.1, 0.15) is 0 Å². The summed E-state index contributed by atoms with van der Waals surface area (Å²) in [7, 11) is 1.76. The quantitative estimate of drug-likeness (QED) is 0.849. The van der Waals surface area contributed by atoms with Gasteiger partial charge in [0.2, 0.25) is 0 Å². The fraction of sp³-hybridized carbons (Fsp3) is 0.286. The number of aliphatic imine (C=N–C) groups is 1. The number of likely N-dealkylation sites (N-methyl/N-ethyl adjacent to an activating group) is 1. The van der Waals surface area contributed by atoms with E-state index < -0.39 is 5.54 Å². The summed E-state index contributed by atoms with van der Waals surface area (Å²) in [5.74, 6) is -0.122. The van der Waals surface area contributed by atoms with Crippen LogP contribution >= 0.6 is 0 Å². The number of amides is 3. The molecule has 0 fully saturated rings. The second kappa shape index (κ2) is 6.09. The third-order valence-corrected chi connectivity index (χ3v) is 5.24. The molecule has 5 nitrogen and oxygen atoms in total. The van der Waals surface area contributed by atoms with Crippen molar-refractivity contribution in [3.05, 3.63) is 65.7 Å². The van der Waals surface area contributed by atoms with E-state index in [1.54, 1.807) is 16.8 Å². The van der Waals surface area contributed by atoms with Crippen molar-refractivity contribution in [2.24, 2.45) is 4.99 Å². The largest absolute Gasteiger partial charge is 0.345 e. The number of anilines is 1. The molecule has 2 aromatic rings. The van der Waals surface area contributed by atoms with E-state index in [0.29, 0.717) is 12.3 Å². The predicted molar refractivity (Wildman–Crippen MR) is 102 cm³/mol. The van der Waals surface area contributed by atoms with E-state index in [-0.39, 0.29) is 11.9 Å². The number of hydrogen-bond donors (Lipinski definition) is 0. The van der Waals surface area contributed by atoms with Crippen LogP contribution in [0.15, 0.2) is 59.6 Å². The SMILES string of the molecule is CCCCN1C(=O)N=C(c2ccccc2)C12C(=O)N(C)c1ccccc12. The van der Waals surface area contributed by atoms with Crippen LogP contribution in [0.25, 0.3) is 0 Å². The molecule has 26 heavy (non-hydrogen) atoms. The molecule has 1 spiro atoms. The van der Waals surface area contributed by atoms with Crippen LogP contribution in [0.4, 0.5) is 10.5 Å². The first kappa shape index (κ1) is 16.5. The van der Waals surface area contributed by atoms with Crippen LogP contribution in [0.2, 0.25) is 0 Å². The standard InChI is InChI=1S/C21H21N3O2/c1-3-4-14-24-20(26)22-18(15-10-6-5-7-11-15)21(24)16-12-8-9-13-17(16)23(2)19(21)25/h5-13H,3-4,14H2,1-2H3. The zero-order chi connectivity index (χ0) is 18.3. The monoisotopic (exact) mass is 347 g/mol. The number of para-hydroxylation sites is 1. The van der Waals surface area contributed by atoms with Gasteiger partial charge in [0, 0.05) is 24.8 Å². The minimum absolute atomic E-state index is 0.122. The van der Waals surface area contributed by atoms with Crippen molar-refractivity contribution < 1.29 is 9.59 Å². The third-order valence-electron chi connectivity index (χ3n) is 5.24. The molecule has 2 aliphatic heterocycles. The van der Waals surface area contributed by atoms with Crippen LogP contribution in [0.1, 0.15) is 30.9 Å². The van der Waals surface area contributed by atoms with Gasteiger partial charge in [0.25, 0.3) is 5.91 Å². The van der Waals surface area contributed by atoms with Gasteiger partial charge in [0.05, 0.1) is 5.71 Å². The van der Waals surface area contributed by atoms with Crippen molar-refractivity contribution >= 4 is 23.3 Å². The summed E-state index contributed by atoms with van der Waals surface area (Å²) in [6.45, 7) is 2.58. The Morgan fingerprint density at radius 2 is 1.69 bits per heavy atom. The van der Waals surface area contributed by atoms with Gasteiger partial charge >= 0.3 is 6.03 Å². The number of unbranched alkanes of at least 4 members (excludes halogenated alkanes) is 1. The summed E-state index contributed by atoms with van der Waals surface area (Å²) in [6.07, 6.45) is 1.76. The Hall–Kier alpha value is -2.95. The van der Waals surface area contributed by atoms with E-state index >= 15 is 0 Å². The minimum atomic E-state index is -1.17. The zero-order valence-electron chi connectivity index (χ0n) is 15.0. The molecule has 4 rings (SSSR count). The summed E-state index contributed by atoms with van der Waals surface area (Å²) >= 11 is 0. The normalized spacial score (nSPS) is 21.5. The summed E-state index contributed by atoms with van der Waals surface area (Å²) in [4.78, 5) is 34.1. The number of urea groups is 1. The van der Waals surface area contributed by atoms with Gasteiger partial charge in [-0.25, -0.2) is 4.79 Å². The lowest BCUT2D eigenvalue weighted by Gasteiger charge is -2.34. The van der Waals surface area contributed by atoms with Gasteiger partial charge in [0.15, 0.2) is 5.54 Å². The van der Waals surface area contributed by atoms with E-state index in [4.69, 9.17) is 0 Å². The number of benzene rings is 2. The number of rotatable bonds is 4. The van der Waals surface area contributed by atoms with Gasteiger partial charge in [-0.05, 0) is 18.1 Å². The molecule has 1 atom stereocenters. The first-order valence-corrected chi connectivity index (χ1v) is 8.96. The van der Waals surface area contributed by atoms with Crippen LogP contribution in [-0.2, 0) is 10.3 Å². The van der Waals surface area contributed by atoms with Gasteiger partial charge in [-0.2, -0.15) is 4.99 Å². The molecule has 0 bridgehead atoms. The van der Waals surface area contributed by atoms with Crippen molar-refractivity contribution in [3.63, 3.8) is 0 Å². The Kier molecular flexibility index (Phi) is 3.87. The Morgan fingerprint density at radius 1 is 1.00 bits per heavy atom. The molecule has 1 unspecified atom stereocenters. The Labute approximate surface area is 152 Å². The second-order valence-corrected chi connectivity index (χ2v) is 6.71. The molecular formula is C21H21N3O2. The average molecular weight is 347 g/mol. The summed E-state index contributed by atoms with van der Waals surface area (Å²) < 4.78 is 0. The predicted octanol–water partition coefficient (Wildman–Crippen LogP) is 3.58. The number of nitrogens with zero attached hydrogens (tertiary/aromatic N) is 3. The molecule has 5 heteroatoms. The fourth-order valence-corrected chi connectivity index (χ4v) is 3.99. The molecule has 0 N–H and O–H groups in total. The van der Waals surface area contributed by atoms with E-state index in [0.717, 1.165) is 29.7 Å². The molecule has 2 aliphatic rings. The van der Waals surface area contributed by atoms with E-state index in [9.17, 15) is 9.59 Å². The Balaban J connectivity index is 1.98. The van der Waals surface area contributed by atoms with Crippen LogP contribution in [-0.4, -0.2) is 36.1 Å². The van der Waals surface area contributed by atoms with Crippen molar-refractivity contribution in [1.29, 1.82) is 0 Å². The number of fused-ring (bicyclic) bond motifs is 2. The summed E-state index contributed by atoms with van der Waals surface area (Å²) in [6, 6.07) is 16.9. The van der Waals surface area contributed by atoms with E-state index in [2.05, 4.69) is 11.9 Å². The highest BCUT2D eigenvalue weighted by atomic mass is 16.2. The maximum atomic E-state index is 13.5. The second-order valence-electron chi connectivity index (χ2n) is 6.71. The van der Waals surface area contributed by atoms with Gasteiger partial charge in [-0.3, -0.25) is 9.69 Å². The van der Waals surface area contributed by atoms with Crippen LogP contribution in [0.5, 0.6) is 0 Å². The fourth-order valence-electron chi connectivity index (χ4n) is 3.99. The lowest BCUT2D eigenvalue weighted by molar-refractivity contribution is -0.124. The Bertz CT molecular complexity index is 906. The molecule has 3 amide bonds. The van der Waals surface area contributed by atoms with Crippen molar-refractivity contribution in [3.8, 4) is 0 Å². The van der Waals surface area contributed by atoms with Crippen molar-refractivity contribution in [1.82, 2.24) is 4.90 Å². The van der Waals surface area contributed by atoms with Crippen LogP contribution < -0.4 is 4.90 Å². The molecule has 2 aromatic carbocycles. The third kappa shape index (κ3) is 2.06.